The lowest BCUT2D eigenvalue weighted by Crippen LogP contribution is -2.46. The van der Waals surface area contributed by atoms with Gasteiger partial charge in [0.05, 0.1) is 5.92 Å². The highest BCUT2D eigenvalue weighted by Crippen LogP contribution is 2.33. The van der Waals surface area contributed by atoms with Crippen molar-refractivity contribution in [3.63, 3.8) is 0 Å². The summed E-state index contributed by atoms with van der Waals surface area (Å²) in [5, 5.41) is 0. The zero-order valence-electron chi connectivity index (χ0n) is 13.4. The van der Waals surface area contributed by atoms with Crippen molar-refractivity contribution in [3.8, 4) is 0 Å². The molecule has 1 heterocycles. The van der Waals surface area contributed by atoms with Crippen molar-refractivity contribution >= 4 is 11.8 Å². The molecule has 0 aromatic heterocycles. The predicted molar refractivity (Wildman–Crippen MR) is 83.5 cm³/mol. The highest BCUT2D eigenvalue weighted by Gasteiger charge is 2.32. The highest BCUT2D eigenvalue weighted by atomic mass is 16.2. The Morgan fingerprint density at radius 2 is 1.81 bits per heavy atom. The van der Waals surface area contributed by atoms with Crippen LogP contribution in [-0.2, 0) is 9.59 Å². The number of rotatable bonds is 5. The van der Waals surface area contributed by atoms with Gasteiger partial charge in [0, 0.05) is 19.0 Å². The molecule has 2 aliphatic rings. The first-order chi connectivity index (χ1) is 10.1. The van der Waals surface area contributed by atoms with E-state index in [2.05, 4.69) is 6.92 Å². The number of hydrogen-bond donors (Lipinski definition) is 1. The number of unbranched alkanes of at least 4 members (excludes halogenated alkanes) is 1. The van der Waals surface area contributed by atoms with E-state index < -0.39 is 0 Å². The monoisotopic (exact) mass is 294 g/mol. The van der Waals surface area contributed by atoms with Crippen LogP contribution in [-0.4, -0.2) is 29.8 Å². The van der Waals surface area contributed by atoms with Crippen LogP contribution < -0.4 is 5.73 Å². The molecule has 2 fully saturated rings. The summed E-state index contributed by atoms with van der Waals surface area (Å²) >= 11 is 0. The average molecular weight is 294 g/mol. The summed E-state index contributed by atoms with van der Waals surface area (Å²) < 4.78 is 0. The first kappa shape index (κ1) is 16.3. The van der Waals surface area contributed by atoms with E-state index in [1.165, 1.54) is 32.1 Å². The van der Waals surface area contributed by atoms with Gasteiger partial charge in [-0.05, 0) is 44.4 Å². The van der Waals surface area contributed by atoms with E-state index >= 15 is 0 Å². The fourth-order valence-corrected chi connectivity index (χ4v) is 3.86. The molecule has 0 aromatic rings. The summed E-state index contributed by atoms with van der Waals surface area (Å²) in [5.74, 6) is 0.900. The second kappa shape index (κ2) is 7.81. The fourth-order valence-electron chi connectivity index (χ4n) is 3.86. The van der Waals surface area contributed by atoms with Crippen LogP contribution in [0.15, 0.2) is 0 Å². The number of carbonyl (C=O) groups is 2. The molecule has 2 rings (SSSR count). The minimum atomic E-state index is -0.254. The molecule has 2 N–H and O–H groups in total. The number of hydrogen-bond acceptors (Lipinski definition) is 2. The zero-order chi connectivity index (χ0) is 15.2. The minimum absolute atomic E-state index is 0.136. The van der Waals surface area contributed by atoms with Gasteiger partial charge in [0.1, 0.15) is 0 Å². The van der Waals surface area contributed by atoms with Crippen molar-refractivity contribution in [2.24, 2.45) is 23.5 Å². The molecule has 0 spiro atoms. The zero-order valence-corrected chi connectivity index (χ0v) is 13.4. The van der Waals surface area contributed by atoms with E-state index in [1.807, 2.05) is 4.90 Å². The molecule has 1 unspecified atom stereocenters. The Balaban J connectivity index is 1.80. The Morgan fingerprint density at radius 1 is 1.10 bits per heavy atom. The van der Waals surface area contributed by atoms with E-state index in [4.69, 9.17) is 5.73 Å². The van der Waals surface area contributed by atoms with Crippen molar-refractivity contribution in [3.05, 3.63) is 0 Å². The van der Waals surface area contributed by atoms with Gasteiger partial charge in [0.15, 0.2) is 0 Å². The van der Waals surface area contributed by atoms with Crippen molar-refractivity contribution in [1.29, 1.82) is 0 Å². The molecule has 2 amide bonds. The van der Waals surface area contributed by atoms with Gasteiger partial charge >= 0.3 is 0 Å². The molecule has 1 atom stereocenters. The third kappa shape index (κ3) is 4.45. The van der Waals surface area contributed by atoms with Gasteiger partial charge in [0.2, 0.25) is 11.8 Å². The van der Waals surface area contributed by atoms with Crippen LogP contribution in [0.4, 0.5) is 0 Å². The minimum Gasteiger partial charge on any atom is -0.369 e. The maximum atomic E-state index is 12.6. The van der Waals surface area contributed by atoms with E-state index in [1.54, 1.807) is 0 Å². The van der Waals surface area contributed by atoms with E-state index in [0.29, 0.717) is 6.54 Å². The number of carbonyl (C=O) groups excluding carboxylic acids is 2. The molecule has 1 saturated carbocycles. The summed E-state index contributed by atoms with van der Waals surface area (Å²) in [6.07, 6.45) is 10.1. The first-order valence-corrected chi connectivity index (χ1v) is 8.70. The lowest BCUT2D eigenvalue weighted by Gasteiger charge is -2.36. The summed E-state index contributed by atoms with van der Waals surface area (Å²) in [6, 6.07) is 0. The van der Waals surface area contributed by atoms with Gasteiger partial charge in [-0.15, -0.1) is 0 Å². The largest absolute Gasteiger partial charge is 0.369 e. The van der Waals surface area contributed by atoms with Crippen LogP contribution in [0, 0.1) is 17.8 Å². The lowest BCUT2D eigenvalue weighted by atomic mass is 9.79. The van der Waals surface area contributed by atoms with Crippen LogP contribution in [0.25, 0.3) is 0 Å². The van der Waals surface area contributed by atoms with Crippen LogP contribution in [0.2, 0.25) is 0 Å². The van der Waals surface area contributed by atoms with Crippen molar-refractivity contribution in [1.82, 2.24) is 4.90 Å². The molecule has 4 heteroatoms. The normalized spacial score (nSPS) is 30.1. The van der Waals surface area contributed by atoms with E-state index in [9.17, 15) is 9.59 Å². The van der Waals surface area contributed by atoms with E-state index in [-0.39, 0.29) is 23.7 Å². The molecule has 120 valence electrons. The van der Waals surface area contributed by atoms with E-state index in [0.717, 1.165) is 38.1 Å². The number of amides is 2. The topological polar surface area (TPSA) is 63.4 Å². The van der Waals surface area contributed by atoms with Gasteiger partial charge in [-0.25, -0.2) is 0 Å². The van der Waals surface area contributed by atoms with Crippen LogP contribution in [0.3, 0.4) is 0 Å². The van der Waals surface area contributed by atoms with Gasteiger partial charge in [-0.3, -0.25) is 9.59 Å². The predicted octanol–water partition coefficient (Wildman–Crippen LogP) is 2.71. The number of nitrogens with two attached hydrogens (primary N) is 1. The number of piperidine rings is 1. The Morgan fingerprint density at radius 3 is 2.43 bits per heavy atom. The Bertz CT molecular complexity index is 362. The lowest BCUT2D eigenvalue weighted by molar-refractivity contribution is -0.140. The quantitative estimate of drug-likeness (QED) is 0.847. The Kier molecular flexibility index (Phi) is 6.07. The van der Waals surface area contributed by atoms with Crippen molar-refractivity contribution in [2.75, 3.05) is 13.1 Å². The Labute approximate surface area is 128 Å². The first-order valence-electron chi connectivity index (χ1n) is 8.70. The molecule has 1 aliphatic carbocycles. The number of likely N-dealkylation sites (tertiary alicyclic amines) is 1. The average Bonchev–Trinajstić information content (AvgIpc) is 2.53. The van der Waals surface area contributed by atoms with Gasteiger partial charge < -0.3 is 10.6 Å². The second-order valence-corrected chi connectivity index (χ2v) is 6.89. The maximum absolute atomic E-state index is 12.6. The SMILES string of the molecule is CCCCC1CCC(C(=O)N2CCCC(C(N)=O)C2)CC1. The summed E-state index contributed by atoms with van der Waals surface area (Å²) in [4.78, 5) is 25.8. The maximum Gasteiger partial charge on any atom is 0.225 e. The molecule has 21 heavy (non-hydrogen) atoms. The molecule has 0 bridgehead atoms. The standard InChI is InChI=1S/C17H30N2O2/c1-2-3-5-13-7-9-14(10-8-13)17(21)19-11-4-6-15(12-19)16(18)20/h13-15H,2-12H2,1H3,(H2,18,20). The summed E-state index contributed by atoms with van der Waals surface area (Å²) in [6.45, 7) is 3.59. The van der Waals surface area contributed by atoms with Crippen molar-refractivity contribution < 1.29 is 9.59 Å². The second-order valence-electron chi connectivity index (χ2n) is 6.89. The molecule has 1 aliphatic heterocycles. The third-order valence-electron chi connectivity index (χ3n) is 5.30. The summed E-state index contributed by atoms with van der Waals surface area (Å²) in [7, 11) is 0. The van der Waals surface area contributed by atoms with Gasteiger partial charge in [-0.1, -0.05) is 26.2 Å². The number of nitrogens with zero attached hydrogens (tertiary/aromatic N) is 1. The molecular weight excluding hydrogens is 264 g/mol. The molecule has 0 aromatic carbocycles. The third-order valence-corrected chi connectivity index (χ3v) is 5.30. The molecular formula is C17H30N2O2. The summed E-state index contributed by atoms with van der Waals surface area (Å²) in [5.41, 5.74) is 5.40. The molecule has 1 saturated heterocycles. The van der Waals surface area contributed by atoms with Crippen LogP contribution in [0.1, 0.15) is 64.7 Å². The van der Waals surface area contributed by atoms with Gasteiger partial charge in [0.25, 0.3) is 0 Å². The van der Waals surface area contributed by atoms with Gasteiger partial charge in [-0.2, -0.15) is 0 Å². The Hall–Kier alpha value is -1.06. The van der Waals surface area contributed by atoms with Crippen LogP contribution >= 0.6 is 0 Å². The van der Waals surface area contributed by atoms with Crippen molar-refractivity contribution in [2.45, 2.75) is 64.7 Å². The molecule has 4 nitrogen and oxygen atoms in total. The van der Waals surface area contributed by atoms with Crippen LogP contribution in [0.5, 0.6) is 0 Å². The number of primary amides is 1. The molecule has 0 radical (unpaired) electrons. The highest BCUT2D eigenvalue weighted by molar-refractivity contribution is 5.81. The fraction of sp³-hybridized carbons (Fsp3) is 0.882. The smallest absolute Gasteiger partial charge is 0.225 e.